The van der Waals surface area contributed by atoms with E-state index >= 15 is 0 Å². The number of halogens is 2. The van der Waals surface area contributed by atoms with Crippen LogP contribution in [0.15, 0.2) is 36.4 Å². The van der Waals surface area contributed by atoms with Crippen molar-refractivity contribution in [1.29, 1.82) is 0 Å². The molecule has 2 aromatic carbocycles. The summed E-state index contributed by atoms with van der Waals surface area (Å²) in [5.74, 6) is -2.48. The Labute approximate surface area is 121 Å². The summed E-state index contributed by atoms with van der Waals surface area (Å²) in [6.07, 6.45) is 2.00. The monoisotopic (exact) mass is 290 g/mol. The quantitative estimate of drug-likeness (QED) is 0.842. The van der Waals surface area contributed by atoms with E-state index in [0.717, 1.165) is 25.0 Å². The number of nitrogen functional groups attached to an aromatic ring is 1. The molecule has 21 heavy (non-hydrogen) atoms. The lowest BCUT2D eigenvalue weighted by Gasteiger charge is -2.08. The summed E-state index contributed by atoms with van der Waals surface area (Å²) in [7, 11) is 0. The maximum Gasteiger partial charge on any atom is 0.255 e. The number of hydrogen-bond acceptors (Lipinski definition) is 2. The van der Waals surface area contributed by atoms with Gasteiger partial charge in [-0.05, 0) is 36.2 Å². The van der Waals surface area contributed by atoms with Crippen molar-refractivity contribution < 1.29 is 13.6 Å². The van der Waals surface area contributed by atoms with E-state index in [4.69, 9.17) is 5.73 Å². The minimum Gasteiger partial charge on any atom is -0.394 e. The predicted molar refractivity (Wildman–Crippen MR) is 79.2 cm³/mol. The zero-order chi connectivity index (χ0) is 15.4. The molecule has 0 aliphatic carbocycles. The maximum absolute atomic E-state index is 13.3. The van der Waals surface area contributed by atoms with Gasteiger partial charge in [0.2, 0.25) is 0 Å². The molecule has 2 rings (SSSR count). The minimum absolute atomic E-state index is 0.114. The van der Waals surface area contributed by atoms with Crippen LogP contribution in [0.3, 0.4) is 0 Å². The number of benzene rings is 2. The molecular weight excluding hydrogens is 274 g/mol. The zero-order valence-electron chi connectivity index (χ0n) is 11.6. The highest BCUT2D eigenvalue weighted by Gasteiger charge is 2.13. The van der Waals surface area contributed by atoms with Gasteiger partial charge in [-0.2, -0.15) is 0 Å². The van der Waals surface area contributed by atoms with Crippen molar-refractivity contribution in [2.75, 3.05) is 11.1 Å². The van der Waals surface area contributed by atoms with Crippen LogP contribution in [-0.4, -0.2) is 5.91 Å². The molecule has 0 aliphatic heterocycles. The Morgan fingerprint density at radius 1 is 1.14 bits per heavy atom. The molecule has 0 saturated carbocycles. The van der Waals surface area contributed by atoms with Crippen LogP contribution in [0.25, 0.3) is 0 Å². The summed E-state index contributed by atoms with van der Waals surface area (Å²) < 4.78 is 26.7. The van der Waals surface area contributed by atoms with Crippen LogP contribution < -0.4 is 11.1 Å². The Morgan fingerprint density at radius 3 is 2.24 bits per heavy atom. The van der Waals surface area contributed by atoms with Gasteiger partial charge >= 0.3 is 0 Å². The SMILES string of the molecule is CCCc1ccc(NC(=O)c2cc(F)c(N)c(F)c2)cc1. The average molecular weight is 290 g/mol. The summed E-state index contributed by atoms with van der Waals surface area (Å²) in [5.41, 5.74) is 6.20. The van der Waals surface area contributed by atoms with Crippen molar-refractivity contribution in [1.82, 2.24) is 0 Å². The van der Waals surface area contributed by atoms with Gasteiger partial charge in [-0.25, -0.2) is 8.78 Å². The molecule has 0 unspecified atom stereocenters. The van der Waals surface area contributed by atoms with Crippen molar-refractivity contribution >= 4 is 17.3 Å². The van der Waals surface area contributed by atoms with E-state index < -0.39 is 23.2 Å². The predicted octanol–water partition coefficient (Wildman–Crippen LogP) is 3.75. The first-order valence-corrected chi connectivity index (χ1v) is 6.66. The van der Waals surface area contributed by atoms with Crippen LogP contribution in [-0.2, 0) is 6.42 Å². The van der Waals surface area contributed by atoms with Gasteiger partial charge in [0, 0.05) is 11.3 Å². The van der Waals surface area contributed by atoms with Gasteiger partial charge in [0.15, 0.2) is 0 Å². The van der Waals surface area contributed by atoms with Gasteiger partial charge in [0.25, 0.3) is 5.91 Å². The molecule has 0 fully saturated rings. The lowest BCUT2D eigenvalue weighted by molar-refractivity contribution is 0.102. The second-order valence-electron chi connectivity index (χ2n) is 4.75. The molecule has 0 aliphatic rings. The molecule has 1 amide bonds. The fourth-order valence-corrected chi connectivity index (χ4v) is 1.96. The van der Waals surface area contributed by atoms with E-state index in [1.807, 2.05) is 12.1 Å². The van der Waals surface area contributed by atoms with Crippen LogP contribution in [0, 0.1) is 11.6 Å². The third-order valence-corrected chi connectivity index (χ3v) is 3.09. The van der Waals surface area contributed by atoms with E-state index in [1.54, 1.807) is 12.1 Å². The lowest BCUT2D eigenvalue weighted by Crippen LogP contribution is -2.13. The average Bonchev–Trinajstić information content (AvgIpc) is 2.46. The largest absolute Gasteiger partial charge is 0.394 e. The first-order chi connectivity index (χ1) is 10.0. The van der Waals surface area contributed by atoms with Crippen molar-refractivity contribution in [2.24, 2.45) is 0 Å². The van der Waals surface area contributed by atoms with Crippen LogP contribution in [0.2, 0.25) is 0 Å². The Hall–Kier alpha value is -2.43. The molecule has 0 aromatic heterocycles. The highest BCUT2D eigenvalue weighted by Crippen LogP contribution is 2.18. The first kappa shape index (κ1) is 15.0. The fraction of sp³-hybridized carbons (Fsp3) is 0.188. The van der Waals surface area contributed by atoms with E-state index in [9.17, 15) is 13.6 Å². The second kappa shape index (κ2) is 6.35. The number of nitrogens with two attached hydrogens (primary N) is 1. The Balaban J connectivity index is 2.14. The van der Waals surface area contributed by atoms with Crippen molar-refractivity contribution in [3.05, 3.63) is 59.2 Å². The molecule has 0 bridgehead atoms. The third-order valence-electron chi connectivity index (χ3n) is 3.09. The number of carbonyl (C=O) groups is 1. The molecule has 0 saturated heterocycles. The van der Waals surface area contributed by atoms with E-state index in [0.29, 0.717) is 5.69 Å². The summed E-state index contributed by atoms with van der Waals surface area (Å²) in [5, 5.41) is 2.59. The zero-order valence-corrected chi connectivity index (χ0v) is 11.6. The number of rotatable bonds is 4. The second-order valence-corrected chi connectivity index (χ2v) is 4.75. The molecular formula is C16H16F2N2O. The number of hydrogen-bond donors (Lipinski definition) is 2. The molecule has 3 nitrogen and oxygen atoms in total. The van der Waals surface area contributed by atoms with Gasteiger partial charge in [-0.1, -0.05) is 25.5 Å². The molecule has 3 N–H and O–H groups in total. The molecule has 0 spiro atoms. The Morgan fingerprint density at radius 2 is 1.71 bits per heavy atom. The van der Waals surface area contributed by atoms with Gasteiger partial charge in [0.05, 0.1) is 0 Å². The third kappa shape index (κ3) is 3.56. The van der Waals surface area contributed by atoms with Crippen LogP contribution in [0.5, 0.6) is 0 Å². The fourth-order valence-electron chi connectivity index (χ4n) is 1.96. The van der Waals surface area contributed by atoms with Gasteiger partial charge < -0.3 is 11.1 Å². The normalized spacial score (nSPS) is 10.4. The highest BCUT2D eigenvalue weighted by atomic mass is 19.1. The van der Waals surface area contributed by atoms with Gasteiger partial charge in [-0.15, -0.1) is 0 Å². The van der Waals surface area contributed by atoms with Gasteiger partial charge in [-0.3, -0.25) is 4.79 Å². The number of nitrogens with one attached hydrogen (secondary N) is 1. The van der Waals surface area contributed by atoms with E-state index in [2.05, 4.69) is 12.2 Å². The topological polar surface area (TPSA) is 55.1 Å². The highest BCUT2D eigenvalue weighted by molar-refractivity contribution is 6.04. The summed E-state index contributed by atoms with van der Waals surface area (Å²) in [6.45, 7) is 2.08. The first-order valence-electron chi connectivity index (χ1n) is 6.66. The summed E-state index contributed by atoms with van der Waals surface area (Å²) >= 11 is 0. The number of carbonyl (C=O) groups excluding carboxylic acids is 1. The van der Waals surface area contributed by atoms with E-state index in [-0.39, 0.29) is 5.56 Å². The van der Waals surface area contributed by atoms with Crippen molar-refractivity contribution in [3.8, 4) is 0 Å². The molecule has 110 valence electrons. The smallest absolute Gasteiger partial charge is 0.255 e. The van der Waals surface area contributed by atoms with Crippen LogP contribution >= 0.6 is 0 Å². The maximum atomic E-state index is 13.3. The van der Waals surface area contributed by atoms with Gasteiger partial charge in [0.1, 0.15) is 17.3 Å². The van der Waals surface area contributed by atoms with Crippen molar-refractivity contribution in [2.45, 2.75) is 19.8 Å². The molecule has 0 radical (unpaired) electrons. The molecule has 2 aromatic rings. The molecule has 0 heterocycles. The Kier molecular flexibility index (Phi) is 4.52. The minimum atomic E-state index is -0.946. The standard InChI is InChI=1S/C16H16F2N2O/c1-2-3-10-4-6-12(7-5-10)20-16(21)11-8-13(17)15(19)14(18)9-11/h4-9H,2-3,19H2,1H3,(H,20,21). The van der Waals surface area contributed by atoms with E-state index in [1.165, 1.54) is 5.56 Å². The number of amides is 1. The molecule has 0 atom stereocenters. The van der Waals surface area contributed by atoms with Crippen molar-refractivity contribution in [3.63, 3.8) is 0 Å². The number of aryl methyl sites for hydroxylation is 1. The lowest BCUT2D eigenvalue weighted by atomic mass is 10.1. The number of anilines is 2. The Bertz CT molecular complexity index is 631. The molecule has 5 heteroatoms. The summed E-state index contributed by atoms with van der Waals surface area (Å²) in [4.78, 5) is 12.0. The van der Waals surface area contributed by atoms with Crippen LogP contribution in [0.4, 0.5) is 20.2 Å². The summed E-state index contributed by atoms with van der Waals surface area (Å²) in [6, 6.07) is 9.16. The van der Waals surface area contributed by atoms with Crippen LogP contribution in [0.1, 0.15) is 29.3 Å².